The van der Waals surface area contributed by atoms with E-state index in [9.17, 15) is 18.0 Å². The molecule has 0 spiro atoms. The zero-order chi connectivity index (χ0) is 34.1. The van der Waals surface area contributed by atoms with E-state index in [0.717, 1.165) is 39.8 Å². The highest BCUT2D eigenvalue weighted by atomic mass is 35.5. The van der Waals surface area contributed by atoms with Crippen molar-refractivity contribution in [1.29, 1.82) is 0 Å². The summed E-state index contributed by atoms with van der Waals surface area (Å²) in [6.45, 7) is 3.02. The highest BCUT2D eigenvalue weighted by Gasteiger charge is 2.44. The van der Waals surface area contributed by atoms with Crippen molar-refractivity contribution in [3.05, 3.63) is 99.3 Å². The lowest BCUT2D eigenvalue weighted by Gasteiger charge is -2.39. The quantitative estimate of drug-likeness (QED) is 0.122. The largest absolute Gasteiger partial charge is 0.494 e. The maximum Gasteiger partial charge on any atom is 0.471 e. The summed E-state index contributed by atoms with van der Waals surface area (Å²) in [7, 11) is 2.05. The minimum atomic E-state index is -4.91. The zero-order valence-corrected chi connectivity index (χ0v) is 29.1. The van der Waals surface area contributed by atoms with Crippen LogP contribution in [0.15, 0.2) is 78.2 Å². The third kappa shape index (κ3) is 10.1. The molecule has 4 aromatic rings. The number of thiazole rings is 1. The number of aromatic nitrogens is 1. The van der Waals surface area contributed by atoms with Crippen molar-refractivity contribution < 1.29 is 22.7 Å². The van der Waals surface area contributed by atoms with Crippen molar-refractivity contribution in [3.63, 3.8) is 0 Å². The minimum absolute atomic E-state index is 0.0318. The standard InChI is InChI=1S/C36H39Cl2F3N4O2S/c1-43(19-15-26-7-3-2-4-8-26)35-42-33(25-48-35)28-10-12-30(13-11-28)47-22-6-5-18-45(34(46)36(39,40)41)29-16-20-44(21-17-29)24-27-9-14-31(37)32(38)23-27/h2-4,7-14,23,25,29H,5-6,15-22,24H2,1H3. The molecule has 3 aromatic carbocycles. The normalized spacial score (nSPS) is 14.2. The average molecular weight is 720 g/mol. The fourth-order valence-electron chi connectivity index (χ4n) is 5.80. The van der Waals surface area contributed by atoms with Crippen LogP contribution in [-0.2, 0) is 17.8 Å². The first kappa shape index (κ1) is 36.0. The molecule has 5 rings (SSSR count). The molecule has 0 radical (unpaired) electrons. The van der Waals surface area contributed by atoms with E-state index in [1.54, 1.807) is 23.5 Å². The predicted octanol–water partition coefficient (Wildman–Crippen LogP) is 9.01. The van der Waals surface area contributed by atoms with E-state index in [4.69, 9.17) is 32.9 Å². The Morgan fingerprint density at radius 2 is 1.69 bits per heavy atom. The maximum atomic E-state index is 13.5. The summed E-state index contributed by atoms with van der Waals surface area (Å²) < 4.78 is 46.5. The van der Waals surface area contributed by atoms with Crippen LogP contribution in [0.4, 0.5) is 18.3 Å². The molecule has 0 unspecified atom stereocenters. The first-order valence-corrected chi connectivity index (χ1v) is 17.7. The van der Waals surface area contributed by atoms with Crippen LogP contribution in [0.2, 0.25) is 10.0 Å². The Labute approximate surface area is 294 Å². The minimum Gasteiger partial charge on any atom is -0.494 e. The van der Waals surface area contributed by atoms with E-state index < -0.39 is 18.1 Å². The lowest BCUT2D eigenvalue weighted by Crippen LogP contribution is -2.51. The molecule has 0 N–H and O–H groups in total. The number of alkyl halides is 3. The second-order valence-electron chi connectivity index (χ2n) is 12.0. The van der Waals surface area contributed by atoms with Crippen molar-refractivity contribution in [3.8, 4) is 17.0 Å². The number of anilines is 1. The third-order valence-corrected chi connectivity index (χ3v) is 10.2. The number of likely N-dealkylation sites (tertiary alicyclic amines) is 1. The molecule has 1 aliphatic heterocycles. The number of carbonyl (C=O) groups is 1. The molecular weight excluding hydrogens is 680 g/mol. The van der Waals surface area contributed by atoms with Crippen LogP contribution in [0.3, 0.4) is 0 Å². The Kier molecular flexibility index (Phi) is 12.7. The first-order valence-electron chi connectivity index (χ1n) is 16.0. The Hall–Kier alpha value is -3.31. The van der Waals surface area contributed by atoms with E-state index >= 15 is 0 Å². The number of ether oxygens (including phenoxy) is 1. The SMILES string of the molecule is CN(CCc1ccccc1)c1nc(-c2ccc(OCCCCN(C(=O)C(F)(F)F)C3CCN(Cc4ccc(Cl)c(Cl)c4)CC3)cc2)cs1. The van der Waals surface area contributed by atoms with Crippen LogP contribution in [0, 0.1) is 0 Å². The molecule has 2 heterocycles. The fourth-order valence-corrected chi connectivity index (χ4v) is 6.95. The molecule has 0 saturated carbocycles. The summed E-state index contributed by atoms with van der Waals surface area (Å²) in [6.07, 6.45) is -2.11. The van der Waals surface area contributed by atoms with Crippen LogP contribution in [0.1, 0.15) is 36.8 Å². The van der Waals surface area contributed by atoms with E-state index in [0.29, 0.717) is 67.7 Å². The molecule has 0 atom stereocenters. The lowest BCUT2D eigenvalue weighted by molar-refractivity contribution is -0.188. The second kappa shape index (κ2) is 16.9. The highest BCUT2D eigenvalue weighted by Crippen LogP contribution is 2.30. The molecule has 6 nitrogen and oxygen atoms in total. The van der Waals surface area contributed by atoms with Gasteiger partial charge in [-0.05, 0) is 79.6 Å². The van der Waals surface area contributed by atoms with Crippen LogP contribution in [0.5, 0.6) is 5.75 Å². The van der Waals surface area contributed by atoms with Gasteiger partial charge in [0.05, 0.1) is 22.3 Å². The Morgan fingerprint density at radius 3 is 2.38 bits per heavy atom. The van der Waals surface area contributed by atoms with E-state index in [2.05, 4.69) is 21.9 Å². The van der Waals surface area contributed by atoms with Gasteiger partial charge in [-0.15, -0.1) is 11.3 Å². The predicted molar refractivity (Wildman–Crippen MR) is 188 cm³/mol. The number of unbranched alkanes of at least 4 members (excludes halogenated alkanes) is 1. The van der Waals surface area contributed by atoms with Gasteiger partial charge in [-0.1, -0.05) is 59.6 Å². The molecule has 48 heavy (non-hydrogen) atoms. The first-order chi connectivity index (χ1) is 23.1. The molecule has 12 heteroatoms. The van der Waals surface area contributed by atoms with E-state index in [1.165, 1.54) is 5.56 Å². The van der Waals surface area contributed by atoms with Gasteiger partial charge in [-0.2, -0.15) is 13.2 Å². The van der Waals surface area contributed by atoms with Gasteiger partial charge < -0.3 is 14.5 Å². The van der Waals surface area contributed by atoms with Gasteiger partial charge in [0.15, 0.2) is 5.13 Å². The van der Waals surface area contributed by atoms with Gasteiger partial charge in [-0.25, -0.2) is 4.98 Å². The molecule has 1 saturated heterocycles. The van der Waals surface area contributed by atoms with Gasteiger partial charge in [0, 0.05) is 56.8 Å². The summed E-state index contributed by atoms with van der Waals surface area (Å²) in [5.74, 6) is -1.10. The molecule has 1 aromatic heterocycles. The number of piperidine rings is 1. The van der Waals surface area contributed by atoms with Crippen molar-refractivity contribution in [1.82, 2.24) is 14.8 Å². The summed E-state index contributed by atoms with van der Waals surface area (Å²) in [4.78, 5) is 22.5. The Morgan fingerprint density at radius 1 is 0.958 bits per heavy atom. The van der Waals surface area contributed by atoms with Crippen molar-refractivity contribution in [2.75, 3.05) is 44.7 Å². The molecule has 256 valence electrons. The zero-order valence-electron chi connectivity index (χ0n) is 26.8. The van der Waals surface area contributed by atoms with Crippen molar-refractivity contribution in [2.45, 2.75) is 50.9 Å². The average Bonchev–Trinajstić information content (AvgIpc) is 3.58. The van der Waals surface area contributed by atoms with Crippen molar-refractivity contribution in [2.24, 2.45) is 0 Å². The van der Waals surface area contributed by atoms with Gasteiger partial charge in [0.1, 0.15) is 5.75 Å². The number of amides is 1. The number of hydrogen-bond donors (Lipinski definition) is 0. The smallest absolute Gasteiger partial charge is 0.471 e. The van der Waals surface area contributed by atoms with Gasteiger partial charge in [0.2, 0.25) is 0 Å². The van der Waals surface area contributed by atoms with Gasteiger partial charge in [-0.3, -0.25) is 9.69 Å². The second-order valence-corrected chi connectivity index (χ2v) is 13.7. The topological polar surface area (TPSA) is 48.9 Å². The monoisotopic (exact) mass is 718 g/mol. The fraction of sp³-hybridized carbons (Fsp3) is 0.389. The van der Waals surface area contributed by atoms with Gasteiger partial charge >= 0.3 is 12.1 Å². The van der Waals surface area contributed by atoms with Crippen LogP contribution < -0.4 is 9.64 Å². The number of hydrogen-bond acceptors (Lipinski definition) is 6. The van der Waals surface area contributed by atoms with E-state index in [1.807, 2.05) is 61.0 Å². The summed E-state index contributed by atoms with van der Waals surface area (Å²) >= 11 is 13.7. The third-order valence-electron chi connectivity index (χ3n) is 8.50. The number of halogens is 5. The molecule has 1 amide bonds. The van der Waals surface area contributed by atoms with Crippen LogP contribution in [-0.4, -0.2) is 72.7 Å². The van der Waals surface area contributed by atoms with Gasteiger partial charge in [0.25, 0.3) is 0 Å². The molecule has 0 bridgehead atoms. The molecule has 0 aliphatic carbocycles. The summed E-state index contributed by atoms with van der Waals surface area (Å²) in [6, 6.07) is 23.0. The molecule has 1 fully saturated rings. The lowest BCUT2D eigenvalue weighted by atomic mass is 10.0. The molecule has 1 aliphatic rings. The number of carbonyl (C=O) groups excluding carboxylic acids is 1. The summed E-state index contributed by atoms with van der Waals surface area (Å²) in [5.41, 5.74) is 4.14. The number of nitrogens with zero attached hydrogens (tertiary/aromatic N) is 4. The maximum absolute atomic E-state index is 13.5. The highest BCUT2D eigenvalue weighted by molar-refractivity contribution is 7.14. The molecular formula is C36H39Cl2F3N4O2S. The van der Waals surface area contributed by atoms with Crippen LogP contribution in [0.25, 0.3) is 11.3 Å². The Bertz CT molecular complexity index is 1610. The number of rotatable bonds is 14. The number of benzene rings is 3. The Balaban J connectivity index is 1.06. The summed E-state index contributed by atoms with van der Waals surface area (Å²) in [5, 5.41) is 3.93. The van der Waals surface area contributed by atoms with E-state index in [-0.39, 0.29) is 6.54 Å². The van der Waals surface area contributed by atoms with Crippen LogP contribution >= 0.6 is 34.5 Å². The van der Waals surface area contributed by atoms with Crippen molar-refractivity contribution >= 4 is 45.6 Å². The number of likely N-dealkylation sites (N-methyl/N-ethyl adjacent to an activating group) is 1.